The molecule has 2 aliphatic carbocycles. The van der Waals surface area contributed by atoms with E-state index in [9.17, 15) is 14.4 Å². The molecule has 30 heavy (non-hydrogen) atoms. The van der Waals surface area contributed by atoms with Gasteiger partial charge in [0.15, 0.2) is 0 Å². The van der Waals surface area contributed by atoms with E-state index in [1.54, 1.807) is 30.3 Å². The molecule has 3 unspecified atom stereocenters. The van der Waals surface area contributed by atoms with E-state index in [-0.39, 0.29) is 40.8 Å². The van der Waals surface area contributed by atoms with Gasteiger partial charge in [0.05, 0.1) is 23.9 Å². The fourth-order valence-electron chi connectivity index (χ4n) is 5.80. The molecule has 3 atom stereocenters. The van der Waals surface area contributed by atoms with Crippen molar-refractivity contribution >= 4 is 17.7 Å². The highest BCUT2D eigenvalue weighted by atomic mass is 16.3. The Bertz CT molecular complexity index is 1060. The molecule has 1 N–H and O–H groups in total. The van der Waals surface area contributed by atoms with Gasteiger partial charge >= 0.3 is 0 Å². The van der Waals surface area contributed by atoms with Gasteiger partial charge in [-0.3, -0.25) is 19.3 Å². The lowest BCUT2D eigenvalue weighted by Gasteiger charge is -2.39. The Morgan fingerprint density at radius 3 is 2.57 bits per heavy atom. The quantitative estimate of drug-likeness (QED) is 0.778. The van der Waals surface area contributed by atoms with Crippen LogP contribution >= 0.6 is 0 Å². The normalized spacial score (nSPS) is 28.8. The number of furan rings is 1. The number of nitrogens with one attached hydrogen (secondary N) is 1. The Kier molecular flexibility index (Phi) is 4.01. The number of imide groups is 1. The van der Waals surface area contributed by atoms with Crippen molar-refractivity contribution in [1.82, 2.24) is 10.2 Å². The van der Waals surface area contributed by atoms with Crippen LogP contribution < -0.4 is 5.32 Å². The van der Waals surface area contributed by atoms with Crippen LogP contribution in [-0.4, -0.2) is 28.7 Å². The van der Waals surface area contributed by atoms with E-state index in [0.29, 0.717) is 22.8 Å². The van der Waals surface area contributed by atoms with Crippen molar-refractivity contribution in [2.24, 2.45) is 16.7 Å². The van der Waals surface area contributed by atoms with E-state index in [0.717, 1.165) is 17.7 Å². The van der Waals surface area contributed by atoms with E-state index in [4.69, 9.17) is 4.42 Å². The minimum absolute atomic E-state index is 0.0790. The van der Waals surface area contributed by atoms with Gasteiger partial charge in [0.25, 0.3) is 17.7 Å². The summed E-state index contributed by atoms with van der Waals surface area (Å²) in [5.74, 6) is 0.226. The number of carbonyl (C=O) groups is 3. The summed E-state index contributed by atoms with van der Waals surface area (Å²) in [4.78, 5) is 39.7. The molecule has 3 amide bonds. The molecule has 2 heterocycles. The van der Waals surface area contributed by atoms with Crippen molar-refractivity contribution in [2.75, 3.05) is 0 Å². The molecular weight excluding hydrogens is 380 g/mol. The number of nitrogens with zero attached hydrogens (tertiary/aromatic N) is 1. The Balaban J connectivity index is 1.36. The molecule has 0 saturated heterocycles. The molecule has 156 valence electrons. The smallest absolute Gasteiger partial charge is 0.261 e. The first-order chi connectivity index (χ1) is 14.2. The first-order valence-electron chi connectivity index (χ1n) is 10.6. The zero-order chi connectivity index (χ0) is 21.3. The standard InChI is InChI=1S/C24H26N2O4/c1-23(2)15-8-9-24(23,3)19(12-15)25-20(27)14-6-7-17-18(11-14)22(29)26(21(17)28)13-16-5-4-10-30-16/h4-7,10-11,15,19H,8-9,12-13H2,1-3H3,(H,25,27). The maximum atomic E-state index is 13.0. The molecule has 0 spiro atoms. The minimum Gasteiger partial charge on any atom is -0.467 e. The summed E-state index contributed by atoms with van der Waals surface area (Å²) in [6.07, 6.45) is 4.84. The Morgan fingerprint density at radius 2 is 1.93 bits per heavy atom. The van der Waals surface area contributed by atoms with Crippen molar-refractivity contribution in [3.05, 3.63) is 59.0 Å². The summed E-state index contributed by atoms with van der Waals surface area (Å²) in [5, 5.41) is 3.22. The first kappa shape index (κ1) is 19.1. The van der Waals surface area contributed by atoms with Crippen LogP contribution in [0.25, 0.3) is 0 Å². The summed E-state index contributed by atoms with van der Waals surface area (Å²) >= 11 is 0. The number of fused-ring (bicyclic) bond motifs is 3. The van der Waals surface area contributed by atoms with E-state index < -0.39 is 5.91 Å². The predicted octanol–water partition coefficient (Wildman–Crippen LogP) is 4.02. The lowest BCUT2D eigenvalue weighted by molar-refractivity contribution is 0.0631. The summed E-state index contributed by atoms with van der Waals surface area (Å²) in [6.45, 7) is 6.98. The summed E-state index contributed by atoms with van der Waals surface area (Å²) < 4.78 is 5.27. The number of hydrogen-bond donors (Lipinski definition) is 1. The second-order valence-corrected chi connectivity index (χ2v) is 9.67. The molecule has 1 aliphatic heterocycles. The van der Waals surface area contributed by atoms with Crippen LogP contribution in [0.15, 0.2) is 41.0 Å². The third kappa shape index (κ3) is 2.52. The summed E-state index contributed by atoms with van der Waals surface area (Å²) in [7, 11) is 0. The van der Waals surface area contributed by atoms with Gasteiger partial charge in [-0.25, -0.2) is 0 Å². The van der Waals surface area contributed by atoms with Crippen LogP contribution in [0.4, 0.5) is 0 Å². The van der Waals surface area contributed by atoms with E-state index in [2.05, 4.69) is 26.1 Å². The molecule has 3 aliphatic rings. The molecule has 2 bridgehead atoms. The number of carbonyl (C=O) groups excluding carboxylic acids is 3. The van der Waals surface area contributed by atoms with Gasteiger partial charge in [0.1, 0.15) is 5.76 Å². The molecule has 0 radical (unpaired) electrons. The Labute approximate surface area is 175 Å². The molecule has 2 aromatic rings. The summed E-state index contributed by atoms with van der Waals surface area (Å²) in [5.41, 5.74) is 1.31. The number of rotatable bonds is 4. The van der Waals surface area contributed by atoms with Crippen LogP contribution in [-0.2, 0) is 6.54 Å². The monoisotopic (exact) mass is 406 g/mol. The number of benzene rings is 1. The molecular formula is C24H26N2O4. The van der Waals surface area contributed by atoms with Crippen LogP contribution in [0.5, 0.6) is 0 Å². The van der Waals surface area contributed by atoms with Gasteiger partial charge in [-0.05, 0) is 66.3 Å². The second-order valence-electron chi connectivity index (χ2n) is 9.67. The van der Waals surface area contributed by atoms with E-state index in [1.807, 2.05) is 0 Å². The number of amides is 3. The highest BCUT2D eigenvalue weighted by Crippen LogP contribution is 2.65. The topological polar surface area (TPSA) is 79.6 Å². The highest BCUT2D eigenvalue weighted by Gasteiger charge is 2.61. The van der Waals surface area contributed by atoms with Gasteiger partial charge in [-0.1, -0.05) is 20.8 Å². The second kappa shape index (κ2) is 6.30. The molecule has 6 nitrogen and oxygen atoms in total. The van der Waals surface area contributed by atoms with Gasteiger partial charge in [0, 0.05) is 11.6 Å². The van der Waals surface area contributed by atoms with Gasteiger partial charge in [-0.2, -0.15) is 0 Å². The zero-order valence-electron chi connectivity index (χ0n) is 17.5. The van der Waals surface area contributed by atoms with Gasteiger partial charge < -0.3 is 9.73 Å². The predicted molar refractivity (Wildman–Crippen MR) is 110 cm³/mol. The fraction of sp³-hybridized carbons (Fsp3) is 0.458. The third-order valence-electron chi connectivity index (χ3n) is 8.23. The highest BCUT2D eigenvalue weighted by molar-refractivity contribution is 6.22. The number of hydrogen-bond acceptors (Lipinski definition) is 4. The molecule has 2 saturated carbocycles. The molecule has 2 fully saturated rings. The van der Waals surface area contributed by atoms with Crippen molar-refractivity contribution in [2.45, 2.75) is 52.6 Å². The van der Waals surface area contributed by atoms with Crippen LogP contribution in [0.2, 0.25) is 0 Å². The van der Waals surface area contributed by atoms with Gasteiger partial charge in [0.2, 0.25) is 0 Å². The van der Waals surface area contributed by atoms with Crippen molar-refractivity contribution in [3.63, 3.8) is 0 Å². The fourth-order valence-corrected chi connectivity index (χ4v) is 5.80. The van der Waals surface area contributed by atoms with E-state index in [1.165, 1.54) is 12.7 Å². The first-order valence-corrected chi connectivity index (χ1v) is 10.6. The molecule has 6 heteroatoms. The Hall–Kier alpha value is -2.89. The lowest BCUT2D eigenvalue weighted by atomic mass is 9.69. The van der Waals surface area contributed by atoms with Crippen molar-refractivity contribution in [1.29, 1.82) is 0 Å². The lowest BCUT2D eigenvalue weighted by Crippen LogP contribution is -2.46. The van der Waals surface area contributed by atoms with Gasteiger partial charge in [-0.15, -0.1) is 0 Å². The third-order valence-corrected chi connectivity index (χ3v) is 8.23. The molecule has 1 aromatic heterocycles. The van der Waals surface area contributed by atoms with Crippen LogP contribution in [0.1, 0.15) is 76.9 Å². The van der Waals surface area contributed by atoms with E-state index >= 15 is 0 Å². The average Bonchev–Trinajstić information content (AvgIpc) is 3.41. The largest absolute Gasteiger partial charge is 0.467 e. The molecule has 1 aromatic carbocycles. The zero-order valence-corrected chi connectivity index (χ0v) is 17.5. The minimum atomic E-state index is -0.394. The van der Waals surface area contributed by atoms with Crippen molar-refractivity contribution in [3.8, 4) is 0 Å². The molecule has 5 rings (SSSR count). The SMILES string of the molecule is CC1(C)C2CCC1(C)C(NC(=O)c1ccc3c(c1)C(=O)N(Cc1ccco1)C3=O)C2. The average molecular weight is 406 g/mol. The summed E-state index contributed by atoms with van der Waals surface area (Å²) in [6, 6.07) is 8.33. The van der Waals surface area contributed by atoms with Crippen LogP contribution in [0.3, 0.4) is 0 Å². The Morgan fingerprint density at radius 1 is 1.17 bits per heavy atom. The van der Waals surface area contributed by atoms with Crippen LogP contribution in [0, 0.1) is 16.7 Å². The maximum absolute atomic E-state index is 13.0. The maximum Gasteiger partial charge on any atom is 0.261 e. The van der Waals surface area contributed by atoms with Crippen molar-refractivity contribution < 1.29 is 18.8 Å².